The Kier molecular flexibility index (Phi) is 4.49. The van der Waals surface area contributed by atoms with Gasteiger partial charge in [-0.1, -0.05) is 26.2 Å². The van der Waals surface area contributed by atoms with Crippen LogP contribution in [0.2, 0.25) is 0 Å². The van der Waals surface area contributed by atoms with E-state index in [2.05, 4.69) is 22.2 Å². The first-order valence-electron chi connectivity index (χ1n) is 6.77. The van der Waals surface area contributed by atoms with Crippen LogP contribution >= 0.6 is 0 Å². The maximum atomic E-state index is 4.43. The zero-order chi connectivity index (χ0) is 12.1. The standard InChI is InChI=1S/C14H23N3/c1-11-6-4-3-5-7-14(11)16-10-13-8-9-15-12(2)17-13/h8-9,11,14,16H,3-7,10H2,1-2H3. The van der Waals surface area contributed by atoms with E-state index in [1.807, 2.05) is 19.2 Å². The number of hydrogen-bond acceptors (Lipinski definition) is 3. The SMILES string of the molecule is Cc1nccc(CNC2CCCCCC2C)n1. The Hall–Kier alpha value is -0.960. The quantitative estimate of drug-likeness (QED) is 0.816. The topological polar surface area (TPSA) is 37.8 Å². The second-order valence-corrected chi connectivity index (χ2v) is 5.20. The Morgan fingerprint density at radius 1 is 1.29 bits per heavy atom. The number of nitrogens with one attached hydrogen (secondary N) is 1. The van der Waals surface area contributed by atoms with E-state index < -0.39 is 0 Å². The third kappa shape index (κ3) is 3.77. The van der Waals surface area contributed by atoms with Crippen molar-refractivity contribution in [2.75, 3.05) is 0 Å². The van der Waals surface area contributed by atoms with Gasteiger partial charge < -0.3 is 5.32 Å². The van der Waals surface area contributed by atoms with Crippen molar-refractivity contribution in [1.29, 1.82) is 0 Å². The lowest BCUT2D eigenvalue weighted by atomic mass is 9.97. The molecule has 0 saturated heterocycles. The van der Waals surface area contributed by atoms with Gasteiger partial charge in [0.15, 0.2) is 0 Å². The third-order valence-electron chi connectivity index (χ3n) is 3.74. The largest absolute Gasteiger partial charge is 0.308 e. The van der Waals surface area contributed by atoms with E-state index in [0.29, 0.717) is 6.04 Å². The highest BCUT2D eigenvalue weighted by molar-refractivity contribution is 5.01. The maximum Gasteiger partial charge on any atom is 0.125 e. The lowest BCUT2D eigenvalue weighted by molar-refractivity contribution is 0.354. The summed E-state index contributed by atoms with van der Waals surface area (Å²) < 4.78 is 0. The predicted molar refractivity (Wildman–Crippen MR) is 69.6 cm³/mol. The van der Waals surface area contributed by atoms with Crippen molar-refractivity contribution in [3.8, 4) is 0 Å². The lowest BCUT2D eigenvalue weighted by Gasteiger charge is -2.22. The minimum Gasteiger partial charge on any atom is -0.308 e. The second kappa shape index (κ2) is 6.10. The highest BCUT2D eigenvalue weighted by Crippen LogP contribution is 2.23. The van der Waals surface area contributed by atoms with Crippen LogP contribution < -0.4 is 5.32 Å². The van der Waals surface area contributed by atoms with E-state index >= 15 is 0 Å². The highest BCUT2D eigenvalue weighted by Gasteiger charge is 2.19. The zero-order valence-corrected chi connectivity index (χ0v) is 10.9. The van der Waals surface area contributed by atoms with E-state index in [4.69, 9.17) is 0 Å². The van der Waals surface area contributed by atoms with Crippen LogP contribution in [0.1, 0.15) is 50.5 Å². The van der Waals surface area contributed by atoms with E-state index in [1.54, 1.807) is 0 Å². The van der Waals surface area contributed by atoms with Crippen LogP contribution in [0.15, 0.2) is 12.3 Å². The first-order chi connectivity index (χ1) is 8.25. The van der Waals surface area contributed by atoms with Gasteiger partial charge in [-0.3, -0.25) is 0 Å². The van der Waals surface area contributed by atoms with Crippen molar-refractivity contribution in [3.63, 3.8) is 0 Å². The molecular formula is C14H23N3. The summed E-state index contributed by atoms with van der Waals surface area (Å²) in [6.45, 7) is 5.18. The minimum absolute atomic E-state index is 0.660. The molecular weight excluding hydrogens is 210 g/mol. The van der Waals surface area contributed by atoms with Gasteiger partial charge in [-0.25, -0.2) is 9.97 Å². The Morgan fingerprint density at radius 3 is 2.94 bits per heavy atom. The molecule has 0 bridgehead atoms. The summed E-state index contributed by atoms with van der Waals surface area (Å²) in [6, 6.07) is 2.66. The van der Waals surface area contributed by atoms with Gasteiger partial charge in [0.1, 0.15) is 5.82 Å². The lowest BCUT2D eigenvalue weighted by Crippen LogP contribution is -2.34. The molecule has 1 aliphatic carbocycles. The van der Waals surface area contributed by atoms with Crippen LogP contribution in [-0.2, 0) is 6.54 Å². The molecule has 2 rings (SSSR count). The molecule has 1 aromatic rings. The van der Waals surface area contributed by atoms with Crippen molar-refractivity contribution in [2.45, 2.75) is 58.5 Å². The molecule has 2 unspecified atom stereocenters. The molecule has 1 N–H and O–H groups in total. The number of aromatic nitrogens is 2. The van der Waals surface area contributed by atoms with Gasteiger partial charge in [0, 0.05) is 18.8 Å². The normalized spacial score (nSPS) is 25.5. The van der Waals surface area contributed by atoms with Crippen molar-refractivity contribution in [1.82, 2.24) is 15.3 Å². The van der Waals surface area contributed by atoms with Gasteiger partial charge in [0.2, 0.25) is 0 Å². The van der Waals surface area contributed by atoms with Gasteiger partial charge >= 0.3 is 0 Å². The van der Waals surface area contributed by atoms with Gasteiger partial charge in [-0.2, -0.15) is 0 Å². The molecule has 1 heterocycles. The zero-order valence-electron chi connectivity index (χ0n) is 10.9. The van der Waals surface area contributed by atoms with Crippen molar-refractivity contribution >= 4 is 0 Å². The Labute approximate surface area is 104 Å². The molecule has 1 aromatic heterocycles. The predicted octanol–water partition coefficient (Wildman–Crippen LogP) is 2.84. The molecule has 0 amide bonds. The average molecular weight is 233 g/mol. The molecule has 0 aliphatic heterocycles. The molecule has 3 heteroatoms. The Morgan fingerprint density at radius 2 is 2.12 bits per heavy atom. The van der Waals surface area contributed by atoms with Crippen molar-refractivity contribution in [2.24, 2.45) is 5.92 Å². The fourth-order valence-electron chi connectivity index (χ4n) is 2.64. The molecule has 0 radical (unpaired) electrons. The number of hydrogen-bond donors (Lipinski definition) is 1. The number of rotatable bonds is 3. The van der Waals surface area contributed by atoms with E-state index in [0.717, 1.165) is 24.0 Å². The first-order valence-corrected chi connectivity index (χ1v) is 6.77. The van der Waals surface area contributed by atoms with E-state index in [-0.39, 0.29) is 0 Å². The summed E-state index contributed by atoms with van der Waals surface area (Å²) in [5.74, 6) is 1.65. The molecule has 3 nitrogen and oxygen atoms in total. The molecule has 94 valence electrons. The average Bonchev–Trinajstić information content (AvgIpc) is 2.52. The summed E-state index contributed by atoms with van der Waals surface area (Å²) >= 11 is 0. The van der Waals surface area contributed by atoms with E-state index in [9.17, 15) is 0 Å². The number of nitrogens with zero attached hydrogens (tertiary/aromatic N) is 2. The van der Waals surface area contributed by atoms with E-state index in [1.165, 1.54) is 32.1 Å². The van der Waals surface area contributed by atoms with Gasteiger partial charge in [0.05, 0.1) is 5.69 Å². The van der Waals surface area contributed by atoms with Crippen LogP contribution in [0, 0.1) is 12.8 Å². The molecule has 0 aromatic carbocycles. The molecule has 1 fully saturated rings. The van der Waals surface area contributed by atoms with Crippen LogP contribution in [0.4, 0.5) is 0 Å². The van der Waals surface area contributed by atoms with Crippen LogP contribution in [0.5, 0.6) is 0 Å². The van der Waals surface area contributed by atoms with Gasteiger partial charge in [0.25, 0.3) is 0 Å². The second-order valence-electron chi connectivity index (χ2n) is 5.20. The fraction of sp³-hybridized carbons (Fsp3) is 0.714. The smallest absolute Gasteiger partial charge is 0.125 e. The van der Waals surface area contributed by atoms with Crippen LogP contribution in [0.3, 0.4) is 0 Å². The van der Waals surface area contributed by atoms with Crippen LogP contribution in [-0.4, -0.2) is 16.0 Å². The fourth-order valence-corrected chi connectivity index (χ4v) is 2.64. The maximum absolute atomic E-state index is 4.43. The molecule has 1 aliphatic rings. The minimum atomic E-state index is 0.660. The summed E-state index contributed by atoms with van der Waals surface area (Å²) in [6.07, 6.45) is 8.67. The Balaban J connectivity index is 1.88. The van der Waals surface area contributed by atoms with Crippen LogP contribution in [0.25, 0.3) is 0 Å². The summed E-state index contributed by atoms with van der Waals surface area (Å²) in [5.41, 5.74) is 1.11. The molecule has 17 heavy (non-hydrogen) atoms. The first kappa shape index (κ1) is 12.5. The van der Waals surface area contributed by atoms with Crippen molar-refractivity contribution in [3.05, 3.63) is 23.8 Å². The number of aryl methyl sites for hydroxylation is 1. The summed E-state index contributed by atoms with van der Waals surface area (Å²) in [5, 5.41) is 3.66. The third-order valence-corrected chi connectivity index (χ3v) is 3.74. The van der Waals surface area contributed by atoms with Gasteiger partial charge in [-0.15, -0.1) is 0 Å². The van der Waals surface area contributed by atoms with Crippen molar-refractivity contribution < 1.29 is 0 Å². The summed E-state index contributed by atoms with van der Waals surface area (Å²) in [7, 11) is 0. The highest BCUT2D eigenvalue weighted by atomic mass is 15.0. The molecule has 1 saturated carbocycles. The molecule has 2 atom stereocenters. The Bertz CT molecular complexity index is 351. The summed E-state index contributed by atoms with van der Waals surface area (Å²) in [4.78, 5) is 8.56. The molecule has 0 spiro atoms. The monoisotopic (exact) mass is 233 g/mol. The van der Waals surface area contributed by atoms with Gasteiger partial charge in [-0.05, 0) is 31.7 Å².